The molecule has 0 aliphatic heterocycles. The van der Waals surface area contributed by atoms with Crippen LogP contribution in [0.25, 0.3) is 0 Å². The first-order valence-electron chi connectivity index (χ1n) is 4.61. The number of halogens is 1. The average molecular weight is 229 g/mol. The van der Waals surface area contributed by atoms with Gasteiger partial charge in [-0.2, -0.15) is 0 Å². The first-order chi connectivity index (χ1) is 7.13. The molecule has 0 atom stereocenters. The lowest BCUT2D eigenvalue weighted by Gasteiger charge is -2.16. The van der Waals surface area contributed by atoms with E-state index in [-0.39, 0.29) is 12.5 Å². The minimum atomic E-state index is -0.276. The maximum Gasteiger partial charge on any atom is 0.325 e. The normalized spacial score (nSPS) is 9.80. The number of ether oxygens (including phenoxy) is 1. The molecule has 15 heavy (non-hydrogen) atoms. The number of esters is 1. The molecule has 0 amide bonds. The van der Waals surface area contributed by atoms with Crippen LogP contribution in [0, 0.1) is 0 Å². The summed E-state index contributed by atoms with van der Waals surface area (Å²) < 4.78 is 4.82. The quantitative estimate of drug-likeness (QED) is 0.737. The van der Waals surface area contributed by atoms with E-state index in [0.717, 1.165) is 0 Å². The second kappa shape index (κ2) is 5.56. The number of anilines is 1. The predicted molar refractivity (Wildman–Crippen MR) is 59.2 cm³/mol. The lowest BCUT2D eigenvalue weighted by atomic mass is 10.4. The van der Waals surface area contributed by atoms with Gasteiger partial charge >= 0.3 is 5.97 Å². The summed E-state index contributed by atoms with van der Waals surface area (Å²) in [5.41, 5.74) is 0. The highest BCUT2D eigenvalue weighted by atomic mass is 35.5. The molecular formula is C10H13ClN2O2. The molecule has 1 heterocycles. The number of likely N-dealkylation sites (N-methyl/N-ethyl adjacent to an activating group) is 1. The van der Waals surface area contributed by atoms with Gasteiger partial charge < -0.3 is 9.64 Å². The fourth-order valence-electron chi connectivity index (χ4n) is 1.08. The standard InChI is InChI=1S/C10H13ClN2O2/c1-3-15-10(14)7-13(2)9-6-8(11)4-5-12-9/h4-6H,3,7H2,1-2H3. The molecule has 0 aliphatic rings. The van der Waals surface area contributed by atoms with Crippen LogP contribution in [0.5, 0.6) is 0 Å². The number of hydrogen-bond acceptors (Lipinski definition) is 4. The SMILES string of the molecule is CCOC(=O)CN(C)c1cc(Cl)ccn1. The van der Waals surface area contributed by atoms with Crippen LogP contribution in [0.15, 0.2) is 18.3 Å². The smallest absolute Gasteiger partial charge is 0.325 e. The number of aromatic nitrogens is 1. The van der Waals surface area contributed by atoms with Crippen LogP contribution in [0.1, 0.15) is 6.92 Å². The Labute approximate surface area is 93.8 Å². The average Bonchev–Trinajstić information content (AvgIpc) is 2.18. The monoisotopic (exact) mass is 228 g/mol. The molecule has 4 nitrogen and oxygen atoms in total. The van der Waals surface area contributed by atoms with E-state index in [0.29, 0.717) is 17.4 Å². The van der Waals surface area contributed by atoms with Gasteiger partial charge in [0.2, 0.25) is 0 Å². The first-order valence-corrected chi connectivity index (χ1v) is 4.99. The van der Waals surface area contributed by atoms with E-state index >= 15 is 0 Å². The van der Waals surface area contributed by atoms with Gasteiger partial charge in [-0.1, -0.05) is 11.6 Å². The van der Waals surface area contributed by atoms with E-state index < -0.39 is 0 Å². The maximum absolute atomic E-state index is 11.2. The van der Waals surface area contributed by atoms with Crippen LogP contribution in [-0.2, 0) is 9.53 Å². The van der Waals surface area contributed by atoms with Crippen molar-refractivity contribution in [2.24, 2.45) is 0 Å². The third-order valence-corrected chi connectivity index (χ3v) is 2.01. The van der Waals surface area contributed by atoms with Crippen LogP contribution < -0.4 is 4.90 Å². The predicted octanol–water partition coefficient (Wildman–Crippen LogP) is 1.73. The molecule has 0 saturated heterocycles. The first kappa shape index (κ1) is 11.8. The minimum Gasteiger partial charge on any atom is -0.465 e. The highest BCUT2D eigenvalue weighted by molar-refractivity contribution is 6.30. The number of rotatable bonds is 4. The van der Waals surface area contributed by atoms with Gasteiger partial charge in [0, 0.05) is 18.3 Å². The van der Waals surface area contributed by atoms with Gasteiger partial charge in [0.25, 0.3) is 0 Å². The number of hydrogen-bond donors (Lipinski definition) is 0. The molecule has 1 aromatic rings. The highest BCUT2D eigenvalue weighted by Gasteiger charge is 2.08. The number of pyridine rings is 1. The maximum atomic E-state index is 11.2. The van der Waals surface area contributed by atoms with Gasteiger partial charge in [-0.25, -0.2) is 4.98 Å². The van der Waals surface area contributed by atoms with Crippen LogP contribution in [0.3, 0.4) is 0 Å². The topological polar surface area (TPSA) is 42.4 Å². The largest absolute Gasteiger partial charge is 0.465 e. The van der Waals surface area contributed by atoms with Crippen molar-refractivity contribution in [1.82, 2.24) is 4.98 Å². The van der Waals surface area contributed by atoms with Gasteiger partial charge in [-0.05, 0) is 19.1 Å². The van der Waals surface area contributed by atoms with Crippen molar-refractivity contribution in [3.05, 3.63) is 23.4 Å². The van der Waals surface area contributed by atoms with Gasteiger partial charge in [-0.15, -0.1) is 0 Å². The zero-order chi connectivity index (χ0) is 11.3. The Hall–Kier alpha value is -1.29. The summed E-state index contributed by atoms with van der Waals surface area (Å²) in [5.74, 6) is 0.373. The Kier molecular flexibility index (Phi) is 4.37. The highest BCUT2D eigenvalue weighted by Crippen LogP contribution is 2.14. The lowest BCUT2D eigenvalue weighted by molar-refractivity contribution is -0.141. The Bertz CT molecular complexity index is 344. The summed E-state index contributed by atoms with van der Waals surface area (Å²) >= 11 is 5.80. The van der Waals surface area contributed by atoms with Crippen molar-refractivity contribution in [1.29, 1.82) is 0 Å². The van der Waals surface area contributed by atoms with Crippen LogP contribution in [0.2, 0.25) is 5.02 Å². The molecule has 0 saturated carbocycles. The molecule has 0 bridgehead atoms. The van der Waals surface area contributed by atoms with Crippen molar-refractivity contribution in [2.45, 2.75) is 6.92 Å². The summed E-state index contributed by atoms with van der Waals surface area (Å²) in [5, 5.41) is 0.593. The lowest BCUT2D eigenvalue weighted by Crippen LogP contribution is -2.27. The molecule has 0 aromatic carbocycles. The summed E-state index contributed by atoms with van der Waals surface area (Å²) in [4.78, 5) is 17.0. The van der Waals surface area contributed by atoms with Crippen molar-refractivity contribution >= 4 is 23.4 Å². The van der Waals surface area contributed by atoms with Crippen molar-refractivity contribution in [2.75, 3.05) is 25.1 Å². The number of nitrogens with zero attached hydrogens (tertiary/aromatic N) is 2. The number of carbonyl (C=O) groups excluding carboxylic acids is 1. The van der Waals surface area contributed by atoms with Gasteiger partial charge in [0.1, 0.15) is 12.4 Å². The van der Waals surface area contributed by atoms with Crippen molar-refractivity contribution in [3.63, 3.8) is 0 Å². The molecule has 0 spiro atoms. The Morgan fingerprint density at radius 1 is 1.67 bits per heavy atom. The Morgan fingerprint density at radius 2 is 2.40 bits per heavy atom. The zero-order valence-electron chi connectivity index (χ0n) is 8.74. The van der Waals surface area contributed by atoms with Gasteiger partial charge in [0.15, 0.2) is 0 Å². The summed E-state index contributed by atoms with van der Waals surface area (Å²) in [6, 6.07) is 3.38. The van der Waals surface area contributed by atoms with Crippen LogP contribution in [0.4, 0.5) is 5.82 Å². The molecular weight excluding hydrogens is 216 g/mol. The van der Waals surface area contributed by atoms with Gasteiger partial charge in [-0.3, -0.25) is 4.79 Å². The summed E-state index contributed by atoms with van der Waals surface area (Å²) in [7, 11) is 1.76. The molecule has 1 rings (SSSR count). The zero-order valence-corrected chi connectivity index (χ0v) is 9.49. The van der Waals surface area contributed by atoms with Crippen molar-refractivity contribution in [3.8, 4) is 0 Å². The second-order valence-corrected chi connectivity index (χ2v) is 3.43. The molecule has 0 fully saturated rings. The second-order valence-electron chi connectivity index (χ2n) is 2.99. The van der Waals surface area contributed by atoms with E-state index in [4.69, 9.17) is 16.3 Å². The van der Waals surface area contributed by atoms with E-state index in [1.54, 1.807) is 37.2 Å². The van der Waals surface area contributed by atoms with E-state index in [1.165, 1.54) is 0 Å². The molecule has 5 heteroatoms. The van der Waals surface area contributed by atoms with Crippen molar-refractivity contribution < 1.29 is 9.53 Å². The molecule has 1 aromatic heterocycles. The Morgan fingerprint density at radius 3 is 3.00 bits per heavy atom. The minimum absolute atomic E-state index is 0.168. The van der Waals surface area contributed by atoms with E-state index in [1.807, 2.05) is 0 Å². The molecule has 0 N–H and O–H groups in total. The molecule has 0 radical (unpaired) electrons. The molecule has 82 valence electrons. The molecule has 0 aliphatic carbocycles. The van der Waals surface area contributed by atoms with E-state index in [2.05, 4.69) is 4.98 Å². The fraction of sp³-hybridized carbons (Fsp3) is 0.400. The van der Waals surface area contributed by atoms with Crippen LogP contribution in [-0.4, -0.2) is 31.2 Å². The molecule has 0 unspecified atom stereocenters. The number of carbonyl (C=O) groups is 1. The third kappa shape index (κ3) is 3.75. The summed E-state index contributed by atoms with van der Waals surface area (Å²) in [6.07, 6.45) is 1.60. The Balaban J connectivity index is 2.60. The van der Waals surface area contributed by atoms with Crippen LogP contribution >= 0.6 is 11.6 Å². The van der Waals surface area contributed by atoms with Gasteiger partial charge in [0.05, 0.1) is 6.61 Å². The summed E-state index contributed by atoms with van der Waals surface area (Å²) in [6.45, 7) is 2.33. The third-order valence-electron chi connectivity index (χ3n) is 1.77. The fourth-order valence-corrected chi connectivity index (χ4v) is 1.24. The van der Waals surface area contributed by atoms with E-state index in [9.17, 15) is 4.79 Å².